The Morgan fingerprint density at radius 3 is 2.53 bits per heavy atom. The Kier molecular flexibility index (Phi) is 5.40. The normalized spacial score (nSPS) is 20.6. The second kappa shape index (κ2) is 8.91. The van der Waals surface area contributed by atoms with Crippen molar-refractivity contribution in [3.63, 3.8) is 0 Å². The first-order valence-corrected chi connectivity index (χ1v) is 13.8. The molecule has 0 radical (unpaired) electrons. The lowest BCUT2D eigenvalue weighted by Gasteiger charge is -2.43. The fraction of sp³-hybridized carbons (Fsp3) is 0.276. The average molecular weight is 493 g/mol. The zero-order valence-electron chi connectivity index (χ0n) is 20.0. The first kappa shape index (κ1) is 21.8. The number of nitrogens with zero attached hydrogens (tertiary/aromatic N) is 5. The van der Waals surface area contributed by atoms with E-state index in [2.05, 4.69) is 68.5 Å². The number of rotatable bonds is 4. The van der Waals surface area contributed by atoms with Crippen molar-refractivity contribution in [1.82, 2.24) is 24.3 Å². The maximum absolute atomic E-state index is 6.43. The highest BCUT2D eigenvalue weighted by molar-refractivity contribution is 7.99. The number of anilines is 1. The van der Waals surface area contributed by atoms with Crippen LogP contribution in [0.4, 0.5) is 5.82 Å². The summed E-state index contributed by atoms with van der Waals surface area (Å²) in [7, 11) is 0. The number of pyridine rings is 1. The summed E-state index contributed by atoms with van der Waals surface area (Å²) in [6.07, 6.45) is 6.11. The Balaban J connectivity index is 1.27. The summed E-state index contributed by atoms with van der Waals surface area (Å²) < 4.78 is 2.17. The van der Waals surface area contributed by atoms with Crippen LogP contribution < -0.4 is 5.73 Å². The van der Waals surface area contributed by atoms with E-state index in [0.717, 1.165) is 57.6 Å². The summed E-state index contributed by atoms with van der Waals surface area (Å²) >= 11 is 2.07. The zero-order valence-corrected chi connectivity index (χ0v) is 20.9. The van der Waals surface area contributed by atoms with E-state index in [9.17, 15) is 0 Å². The van der Waals surface area contributed by atoms with Crippen LogP contribution in [0.3, 0.4) is 0 Å². The SMILES string of the molecule is Nc1nccn2c1c(-c1ccc3ccc(-c4ccccc4)nc3c1)nc2[C@H]1C[C@@H](N2CCSCC2)C1. The molecule has 4 heterocycles. The van der Waals surface area contributed by atoms with Gasteiger partial charge in [0.25, 0.3) is 0 Å². The van der Waals surface area contributed by atoms with Crippen LogP contribution in [-0.2, 0) is 0 Å². The lowest BCUT2D eigenvalue weighted by molar-refractivity contribution is 0.117. The van der Waals surface area contributed by atoms with Gasteiger partial charge in [-0.25, -0.2) is 15.0 Å². The van der Waals surface area contributed by atoms with Crippen molar-refractivity contribution >= 4 is 34.0 Å². The Labute approximate surface area is 214 Å². The van der Waals surface area contributed by atoms with Crippen molar-refractivity contribution < 1.29 is 0 Å². The maximum Gasteiger partial charge on any atom is 0.150 e. The molecule has 180 valence electrons. The lowest BCUT2D eigenvalue weighted by Crippen LogP contribution is -2.47. The highest BCUT2D eigenvalue weighted by Crippen LogP contribution is 2.42. The number of hydrogen-bond acceptors (Lipinski definition) is 6. The molecule has 0 spiro atoms. The largest absolute Gasteiger partial charge is 0.382 e. The second-order valence-corrected chi connectivity index (χ2v) is 11.0. The molecule has 6 nitrogen and oxygen atoms in total. The molecule has 1 aliphatic heterocycles. The first-order chi connectivity index (χ1) is 17.7. The van der Waals surface area contributed by atoms with Crippen molar-refractivity contribution in [3.8, 4) is 22.5 Å². The van der Waals surface area contributed by atoms with E-state index >= 15 is 0 Å². The van der Waals surface area contributed by atoms with E-state index in [1.54, 1.807) is 6.20 Å². The molecule has 36 heavy (non-hydrogen) atoms. The summed E-state index contributed by atoms with van der Waals surface area (Å²) in [6, 6.07) is 21.6. The molecule has 2 N–H and O–H groups in total. The summed E-state index contributed by atoms with van der Waals surface area (Å²) in [5.41, 5.74) is 12.3. The van der Waals surface area contributed by atoms with Crippen molar-refractivity contribution in [2.75, 3.05) is 30.3 Å². The molecular formula is C29H28N6S. The third-order valence-corrected chi connectivity index (χ3v) is 8.63. The highest BCUT2D eigenvalue weighted by Gasteiger charge is 2.38. The van der Waals surface area contributed by atoms with Gasteiger partial charge in [-0.15, -0.1) is 0 Å². The van der Waals surface area contributed by atoms with Gasteiger partial charge in [-0.1, -0.05) is 48.5 Å². The summed E-state index contributed by atoms with van der Waals surface area (Å²) in [5.74, 6) is 4.56. The molecule has 1 saturated carbocycles. The van der Waals surface area contributed by atoms with Crippen LogP contribution in [0.5, 0.6) is 0 Å². The minimum Gasteiger partial charge on any atom is -0.382 e. The van der Waals surface area contributed by atoms with E-state index in [-0.39, 0.29) is 0 Å². The van der Waals surface area contributed by atoms with Crippen molar-refractivity contribution in [1.29, 1.82) is 0 Å². The second-order valence-electron chi connectivity index (χ2n) is 9.79. The molecule has 0 amide bonds. The van der Waals surface area contributed by atoms with Gasteiger partial charge in [-0.3, -0.25) is 9.30 Å². The van der Waals surface area contributed by atoms with Crippen LogP contribution in [-0.4, -0.2) is 54.9 Å². The van der Waals surface area contributed by atoms with Crippen LogP contribution in [0.25, 0.3) is 38.9 Å². The van der Waals surface area contributed by atoms with Gasteiger partial charge in [0.2, 0.25) is 0 Å². The van der Waals surface area contributed by atoms with Crippen molar-refractivity contribution in [2.45, 2.75) is 24.8 Å². The summed E-state index contributed by atoms with van der Waals surface area (Å²) in [4.78, 5) is 17.2. The molecule has 1 aliphatic carbocycles. The number of imidazole rings is 1. The topological polar surface area (TPSA) is 72.3 Å². The molecule has 5 aromatic rings. The van der Waals surface area contributed by atoms with Crippen LogP contribution in [0.2, 0.25) is 0 Å². The monoisotopic (exact) mass is 492 g/mol. The minimum atomic E-state index is 0.441. The highest BCUT2D eigenvalue weighted by atomic mass is 32.2. The van der Waals surface area contributed by atoms with Gasteiger partial charge >= 0.3 is 0 Å². The number of hydrogen-bond donors (Lipinski definition) is 1. The first-order valence-electron chi connectivity index (χ1n) is 12.7. The number of nitrogen functional groups attached to an aromatic ring is 1. The standard InChI is InChI=1S/C29H28N6S/c30-28-27-26(21-7-6-20-8-9-24(32-25(20)18-21)19-4-2-1-3-5-19)33-29(35(27)11-10-31-28)22-16-23(17-22)34-12-14-36-15-13-34/h1-11,18,22-23H,12-17H2,(H2,30,31)/t22-,23+. The number of benzene rings is 2. The van der Waals surface area contributed by atoms with Crippen molar-refractivity contribution in [3.05, 3.63) is 78.9 Å². The molecule has 0 bridgehead atoms. The van der Waals surface area contributed by atoms with Gasteiger partial charge in [-0.2, -0.15) is 11.8 Å². The molecule has 7 heteroatoms. The van der Waals surface area contributed by atoms with E-state index in [1.807, 2.05) is 24.4 Å². The fourth-order valence-electron chi connectivity index (χ4n) is 5.65. The molecule has 2 fully saturated rings. The van der Waals surface area contributed by atoms with Crippen molar-refractivity contribution in [2.24, 2.45) is 0 Å². The Bertz CT molecular complexity index is 1550. The summed E-state index contributed by atoms with van der Waals surface area (Å²) in [5, 5.41) is 1.11. The smallest absolute Gasteiger partial charge is 0.150 e. The predicted octanol–water partition coefficient (Wildman–Crippen LogP) is 5.49. The van der Waals surface area contributed by atoms with Crippen LogP contribution >= 0.6 is 11.8 Å². The van der Waals surface area contributed by atoms with E-state index in [1.165, 1.54) is 24.6 Å². The third kappa shape index (κ3) is 3.74. The Morgan fingerprint density at radius 2 is 1.69 bits per heavy atom. The third-order valence-electron chi connectivity index (χ3n) is 7.69. The average Bonchev–Trinajstić information content (AvgIpc) is 3.29. The molecule has 2 aromatic carbocycles. The molecule has 0 atom stereocenters. The molecule has 0 unspecified atom stereocenters. The fourth-order valence-corrected chi connectivity index (χ4v) is 6.58. The predicted molar refractivity (Wildman–Crippen MR) is 148 cm³/mol. The van der Waals surface area contributed by atoms with E-state index in [0.29, 0.717) is 17.8 Å². The van der Waals surface area contributed by atoms with Crippen LogP contribution in [0, 0.1) is 0 Å². The van der Waals surface area contributed by atoms with Crippen LogP contribution in [0.1, 0.15) is 24.6 Å². The Morgan fingerprint density at radius 1 is 0.889 bits per heavy atom. The number of thioether (sulfide) groups is 1. The molecule has 3 aromatic heterocycles. The molecular weight excluding hydrogens is 464 g/mol. The quantitative estimate of drug-likeness (QED) is 0.358. The number of nitrogens with two attached hydrogens (primary N) is 1. The molecule has 7 rings (SSSR count). The van der Waals surface area contributed by atoms with E-state index < -0.39 is 0 Å². The molecule has 2 aliphatic rings. The van der Waals surface area contributed by atoms with Gasteiger partial charge in [0, 0.05) is 65.5 Å². The molecule has 1 saturated heterocycles. The van der Waals surface area contributed by atoms with Gasteiger partial charge in [0.05, 0.1) is 11.2 Å². The van der Waals surface area contributed by atoms with Crippen LogP contribution in [0.15, 0.2) is 73.1 Å². The number of fused-ring (bicyclic) bond motifs is 2. The van der Waals surface area contributed by atoms with E-state index in [4.69, 9.17) is 15.7 Å². The number of aromatic nitrogens is 4. The Hall–Kier alpha value is -3.42. The minimum absolute atomic E-state index is 0.441. The van der Waals surface area contributed by atoms with Gasteiger partial charge in [-0.05, 0) is 25.0 Å². The van der Waals surface area contributed by atoms with Gasteiger partial charge in [0.1, 0.15) is 22.9 Å². The zero-order chi connectivity index (χ0) is 24.1. The van der Waals surface area contributed by atoms with Gasteiger partial charge < -0.3 is 5.73 Å². The lowest BCUT2D eigenvalue weighted by atomic mass is 9.78. The van der Waals surface area contributed by atoms with Gasteiger partial charge in [0.15, 0.2) is 0 Å². The summed E-state index contributed by atoms with van der Waals surface area (Å²) in [6.45, 7) is 2.42. The maximum atomic E-state index is 6.43.